The summed E-state index contributed by atoms with van der Waals surface area (Å²) in [6.45, 7) is 14.7. The number of allylic oxidation sites excluding steroid dienone is 3. The first-order valence-corrected chi connectivity index (χ1v) is 14.2. The zero-order valence-corrected chi connectivity index (χ0v) is 27.1. The predicted octanol–water partition coefficient (Wildman–Crippen LogP) is 8.23. The molecular weight excluding hydrogens is 625 g/mol. The van der Waals surface area contributed by atoms with E-state index in [9.17, 15) is 22.0 Å². The van der Waals surface area contributed by atoms with Crippen molar-refractivity contribution in [2.45, 2.75) is 19.5 Å². The molecule has 0 heterocycles. The zero-order chi connectivity index (χ0) is 36.3. The van der Waals surface area contributed by atoms with E-state index in [1.54, 1.807) is 31.3 Å². The number of alkyl halides is 3. The van der Waals surface area contributed by atoms with Crippen LogP contribution >= 0.6 is 0 Å². The lowest BCUT2D eigenvalue weighted by Crippen LogP contribution is -2.26. The van der Waals surface area contributed by atoms with E-state index in [0.717, 1.165) is 23.6 Å². The Morgan fingerprint density at radius 2 is 1.60 bits per heavy atom. The van der Waals surface area contributed by atoms with Gasteiger partial charge in [-0.15, -0.1) is 0 Å². The van der Waals surface area contributed by atoms with Crippen LogP contribution in [0.15, 0.2) is 137 Å². The third-order valence-electron chi connectivity index (χ3n) is 5.96. The molecule has 0 aliphatic heterocycles. The summed E-state index contributed by atoms with van der Waals surface area (Å²) >= 11 is 0. The first kappa shape index (κ1) is 40.4. The third-order valence-corrected chi connectivity index (χ3v) is 5.96. The summed E-state index contributed by atoms with van der Waals surface area (Å²) in [7, 11) is 3.10. The van der Waals surface area contributed by atoms with Gasteiger partial charge < -0.3 is 22.1 Å². The average Bonchev–Trinajstić information content (AvgIpc) is 3.05. The Bertz CT molecular complexity index is 1670. The second-order valence-electron chi connectivity index (χ2n) is 9.62. The van der Waals surface area contributed by atoms with Crippen LogP contribution in [0.4, 0.5) is 33.3 Å². The number of amidine groups is 1. The first-order chi connectivity index (χ1) is 22.8. The smallest absolute Gasteiger partial charge is 0.403 e. The average molecular weight is 666 g/mol. The molecule has 0 aliphatic rings. The van der Waals surface area contributed by atoms with Crippen molar-refractivity contribution in [2.75, 3.05) is 19.4 Å². The highest BCUT2D eigenvalue weighted by molar-refractivity contribution is 6.24. The molecule has 12 heteroatoms. The summed E-state index contributed by atoms with van der Waals surface area (Å²) in [5.74, 6) is -0.559. The Labute approximate surface area is 278 Å². The van der Waals surface area contributed by atoms with Crippen molar-refractivity contribution in [3.63, 3.8) is 0 Å². The molecule has 0 aliphatic carbocycles. The quantitative estimate of drug-likeness (QED) is 0.0543. The Hall–Kier alpha value is -5.62. The van der Waals surface area contributed by atoms with Gasteiger partial charge in [0.1, 0.15) is 23.2 Å². The van der Waals surface area contributed by atoms with Crippen molar-refractivity contribution in [1.82, 2.24) is 5.32 Å². The maximum absolute atomic E-state index is 14.9. The lowest BCUT2D eigenvalue weighted by Gasteiger charge is -2.15. The predicted molar refractivity (Wildman–Crippen MR) is 190 cm³/mol. The highest BCUT2D eigenvalue weighted by Gasteiger charge is 2.27. The van der Waals surface area contributed by atoms with Crippen LogP contribution in [0.3, 0.4) is 0 Å². The van der Waals surface area contributed by atoms with Gasteiger partial charge in [-0.25, -0.2) is 13.8 Å². The van der Waals surface area contributed by atoms with E-state index >= 15 is 0 Å². The third kappa shape index (κ3) is 13.8. The Balaban J connectivity index is 0.00000113. The standard InChI is InChI=1S/C31H30F2N6.C4H5F3.CH5N/c1-5-21(2)37-26-13-14-29(33)30(17-26)39-31(38-27(18-34)19-35-3)28(20-36-4)24-11-9-22(10-12-24)15-23-7-6-8-25(32)16-23;1-3(2)4(5,6)7;1-2/h5-14,16-20,37H,1-2,4,15,34H2,3H3,(H,38,39);1H2,2H3;2H2,1H3/b27-18+,28-20-,35-19?;;. The van der Waals surface area contributed by atoms with E-state index in [1.165, 1.54) is 43.9 Å². The van der Waals surface area contributed by atoms with Crippen molar-refractivity contribution in [3.8, 4) is 0 Å². The van der Waals surface area contributed by atoms with E-state index in [4.69, 9.17) is 5.73 Å². The topological polar surface area (TPSA) is 113 Å². The van der Waals surface area contributed by atoms with Gasteiger partial charge in [-0.1, -0.05) is 56.1 Å². The van der Waals surface area contributed by atoms with Crippen molar-refractivity contribution < 1.29 is 22.0 Å². The highest BCUT2D eigenvalue weighted by atomic mass is 19.4. The molecule has 0 bridgehead atoms. The van der Waals surface area contributed by atoms with Gasteiger partial charge in [-0.05, 0) is 80.2 Å². The largest absolute Gasteiger partial charge is 0.411 e. The van der Waals surface area contributed by atoms with Gasteiger partial charge in [-0.3, -0.25) is 9.98 Å². The van der Waals surface area contributed by atoms with Gasteiger partial charge >= 0.3 is 6.18 Å². The van der Waals surface area contributed by atoms with Gasteiger partial charge in [0, 0.05) is 48.2 Å². The Morgan fingerprint density at radius 3 is 2.12 bits per heavy atom. The number of rotatable bonds is 11. The molecule has 3 rings (SSSR count). The molecule has 0 unspecified atom stereocenters. The van der Waals surface area contributed by atoms with Gasteiger partial charge in [0.2, 0.25) is 0 Å². The van der Waals surface area contributed by atoms with Crippen LogP contribution in [0.2, 0.25) is 0 Å². The molecule has 3 aromatic rings. The number of anilines is 1. The summed E-state index contributed by atoms with van der Waals surface area (Å²) in [5, 5.41) is 6.15. The van der Waals surface area contributed by atoms with Crippen LogP contribution in [0, 0.1) is 11.6 Å². The molecule has 3 aromatic carbocycles. The van der Waals surface area contributed by atoms with Crippen LogP contribution in [0.5, 0.6) is 0 Å². The second kappa shape index (κ2) is 20.5. The van der Waals surface area contributed by atoms with Crippen LogP contribution in [-0.2, 0) is 6.42 Å². The second-order valence-corrected chi connectivity index (χ2v) is 9.62. The fraction of sp³-hybridized carbons (Fsp3) is 0.139. The summed E-state index contributed by atoms with van der Waals surface area (Å²) in [4.78, 5) is 12.6. The van der Waals surface area contributed by atoms with E-state index in [1.807, 2.05) is 30.3 Å². The van der Waals surface area contributed by atoms with Crippen molar-refractivity contribution in [3.05, 3.63) is 150 Å². The van der Waals surface area contributed by atoms with Crippen LogP contribution in [0.25, 0.3) is 5.57 Å². The molecule has 0 saturated carbocycles. The number of hydrogen-bond donors (Lipinski definition) is 4. The van der Waals surface area contributed by atoms with Crippen molar-refractivity contribution >= 4 is 35.7 Å². The maximum Gasteiger partial charge on any atom is 0.411 e. The number of nitrogens with zero attached hydrogens (tertiary/aromatic N) is 3. The van der Waals surface area contributed by atoms with E-state index in [2.05, 4.69) is 57.8 Å². The highest BCUT2D eigenvalue weighted by Crippen LogP contribution is 2.27. The fourth-order valence-corrected chi connectivity index (χ4v) is 3.63. The number of nitrogens with two attached hydrogens (primary N) is 2. The zero-order valence-electron chi connectivity index (χ0n) is 27.1. The first-order valence-electron chi connectivity index (χ1n) is 14.2. The van der Waals surface area contributed by atoms with Gasteiger partial charge in [-0.2, -0.15) is 13.2 Å². The molecule has 6 N–H and O–H groups in total. The molecule has 0 radical (unpaired) electrons. The van der Waals surface area contributed by atoms with Crippen LogP contribution < -0.4 is 22.1 Å². The number of hydrogen-bond acceptors (Lipinski definition) is 6. The number of benzene rings is 3. The minimum absolute atomic E-state index is 0.0573. The molecule has 48 heavy (non-hydrogen) atoms. The van der Waals surface area contributed by atoms with Crippen molar-refractivity contribution in [1.29, 1.82) is 0 Å². The molecule has 0 aromatic heterocycles. The minimum Gasteiger partial charge on any atom is -0.403 e. The van der Waals surface area contributed by atoms with Crippen LogP contribution in [-0.4, -0.2) is 39.0 Å². The van der Waals surface area contributed by atoms with Crippen molar-refractivity contribution in [2.24, 2.45) is 26.4 Å². The Morgan fingerprint density at radius 1 is 0.958 bits per heavy atom. The maximum atomic E-state index is 14.9. The fourth-order valence-electron chi connectivity index (χ4n) is 3.63. The molecule has 254 valence electrons. The van der Waals surface area contributed by atoms with Gasteiger partial charge in [0.05, 0.1) is 5.70 Å². The van der Waals surface area contributed by atoms with Crippen LogP contribution in [0.1, 0.15) is 23.6 Å². The van der Waals surface area contributed by atoms with E-state index in [0.29, 0.717) is 29.1 Å². The summed E-state index contributed by atoms with van der Waals surface area (Å²) in [6.07, 6.45) is 2.27. The van der Waals surface area contributed by atoms with E-state index < -0.39 is 17.6 Å². The SMILES string of the molecule is C=C(C)C(F)(F)F.C=CC(=C)Nc1ccc(F)c(N=C(N/C(C=NC)=C/N)/C(=C\N=C)c2ccc(Cc3cccc(F)c3)cc2)c1.CN. The molecule has 7 nitrogen and oxygen atoms in total. The van der Waals surface area contributed by atoms with Gasteiger partial charge in [0.25, 0.3) is 0 Å². The normalized spacial score (nSPS) is 11.8. The lowest BCUT2D eigenvalue weighted by atomic mass is 10.00. The summed E-state index contributed by atoms with van der Waals surface area (Å²) in [5.41, 5.74) is 14.3. The molecule has 0 fully saturated rings. The monoisotopic (exact) mass is 665 g/mol. The Kier molecular flexibility index (Phi) is 17.2. The number of aliphatic imine (C=N–C) groups is 3. The minimum atomic E-state index is -4.19. The lowest BCUT2D eigenvalue weighted by molar-refractivity contribution is -0.0909. The summed E-state index contributed by atoms with van der Waals surface area (Å²) < 4.78 is 61.7. The number of nitrogens with one attached hydrogen (secondary N) is 2. The molecule has 0 atom stereocenters. The van der Waals surface area contributed by atoms with Gasteiger partial charge in [0.15, 0.2) is 0 Å². The van der Waals surface area contributed by atoms with E-state index in [-0.39, 0.29) is 17.3 Å². The summed E-state index contributed by atoms with van der Waals surface area (Å²) in [6, 6.07) is 18.5. The number of halogens is 5. The molecule has 0 saturated heterocycles. The molecular formula is C36H40F5N7. The molecule has 0 amide bonds. The molecule has 0 spiro atoms.